The molecule has 37 heavy (non-hydrogen) atoms. The molecule has 6 nitrogen and oxygen atoms in total. The normalized spacial score (nSPS) is 15.2. The fourth-order valence-electron chi connectivity index (χ4n) is 4.63. The first-order chi connectivity index (χ1) is 18.0. The van der Waals surface area contributed by atoms with Gasteiger partial charge in [0.1, 0.15) is 5.75 Å². The number of methoxy groups -OCH3 is 2. The van der Waals surface area contributed by atoms with Crippen LogP contribution in [0.5, 0.6) is 5.75 Å². The summed E-state index contributed by atoms with van der Waals surface area (Å²) in [5.74, 6) is 1.75. The summed E-state index contributed by atoms with van der Waals surface area (Å²) in [6, 6.07) is 16.5. The molecule has 8 heteroatoms. The summed E-state index contributed by atoms with van der Waals surface area (Å²) in [5.41, 5.74) is 3.36. The highest BCUT2D eigenvalue weighted by molar-refractivity contribution is 8.00. The number of rotatable bonds is 15. The van der Waals surface area contributed by atoms with Crippen LogP contribution >= 0.6 is 23.5 Å². The van der Waals surface area contributed by atoms with E-state index < -0.39 is 6.10 Å². The van der Waals surface area contributed by atoms with E-state index >= 15 is 0 Å². The molecule has 2 aromatic carbocycles. The molecular formula is C29H38O6S2. The molecule has 1 aliphatic rings. The highest BCUT2D eigenvalue weighted by atomic mass is 32.2. The van der Waals surface area contributed by atoms with Crippen LogP contribution in [0.2, 0.25) is 0 Å². The van der Waals surface area contributed by atoms with Crippen molar-refractivity contribution in [3.63, 3.8) is 0 Å². The van der Waals surface area contributed by atoms with Crippen LogP contribution in [0.4, 0.5) is 0 Å². The lowest BCUT2D eigenvalue weighted by Gasteiger charge is -2.27. The van der Waals surface area contributed by atoms with E-state index in [4.69, 9.17) is 14.2 Å². The van der Waals surface area contributed by atoms with Gasteiger partial charge in [-0.3, -0.25) is 9.59 Å². The summed E-state index contributed by atoms with van der Waals surface area (Å²) in [7, 11) is 2.74. The van der Waals surface area contributed by atoms with E-state index in [0.29, 0.717) is 24.0 Å². The number of para-hydroxylation sites is 1. The Morgan fingerprint density at radius 1 is 1.00 bits per heavy atom. The predicted octanol–water partition coefficient (Wildman–Crippen LogP) is 5.57. The third kappa shape index (κ3) is 9.27. The van der Waals surface area contributed by atoms with Gasteiger partial charge in [0, 0.05) is 23.5 Å². The molecule has 0 saturated heterocycles. The summed E-state index contributed by atoms with van der Waals surface area (Å²) >= 11 is 2.87. The van der Waals surface area contributed by atoms with Gasteiger partial charge in [0.05, 0.1) is 44.4 Å². The number of hydrogen-bond donors (Lipinski definition) is 1. The van der Waals surface area contributed by atoms with E-state index in [1.165, 1.54) is 61.7 Å². The monoisotopic (exact) mass is 546 g/mol. The Bertz CT molecular complexity index is 978. The maximum Gasteiger partial charge on any atom is 0.315 e. The quantitative estimate of drug-likeness (QED) is 0.290. The number of esters is 2. The zero-order valence-corrected chi connectivity index (χ0v) is 23.4. The molecule has 202 valence electrons. The van der Waals surface area contributed by atoms with Crippen molar-refractivity contribution in [2.75, 3.05) is 38.1 Å². The number of carbonyl (C=O) groups excluding carboxylic acids is 2. The van der Waals surface area contributed by atoms with Crippen molar-refractivity contribution < 1.29 is 28.9 Å². The van der Waals surface area contributed by atoms with Gasteiger partial charge in [0.2, 0.25) is 0 Å². The van der Waals surface area contributed by atoms with Crippen LogP contribution in [0.25, 0.3) is 0 Å². The van der Waals surface area contributed by atoms with Gasteiger partial charge in [-0.15, -0.1) is 11.8 Å². The van der Waals surface area contributed by atoms with E-state index in [9.17, 15) is 14.7 Å². The van der Waals surface area contributed by atoms with Gasteiger partial charge in [-0.1, -0.05) is 61.4 Å². The molecule has 0 amide bonds. The lowest BCUT2D eigenvalue weighted by molar-refractivity contribution is -0.140. The fourth-order valence-corrected chi connectivity index (χ4v) is 6.81. The van der Waals surface area contributed by atoms with Crippen LogP contribution in [-0.2, 0) is 25.5 Å². The maximum absolute atomic E-state index is 11.8. The summed E-state index contributed by atoms with van der Waals surface area (Å²) in [6.07, 6.45) is 4.99. The molecule has 0 aromatic heterocycles. The third-order valence-electron chi connectivity index (χ3n) is 6.57. The Kier molecular flexibility index (Phi) is 12.7. The van der Waals surface area contributed by atoms with Crippen molar-refractivity contribution in [3.8, 4) is 5.75 Å². The molecular weight excluding hydrogens is 508 g/mol. The zero-order valence-electron chi connectivity index (χ0n) is 21.7. The van der Waals surface area contributed by atoms with E-state index in [1.54, 1.807) is 0 Å². The van der Waals surface area contributed by atoms with E-state index in [-0.39, 0.29) is 29.4 Å². The van der Waals surface area contributed by atoms with Gasteiger partial charge in [-0.2, -0.15) is 11.8 Å². The molecule has 3 rings (SSSR count). The average molecular weight is 547 g/mol. The van der Waals surface area contributed by atoms with Gasteiger partial charge in [0.15, 0.2) is 0 Å². The predicted molar refractivity (Wildman–Crippen MR) is 150 cm³/mol. The molecule has 2 atom stereocenters. The first-order valence-corrected chi connectivity index (χ1v) is 15.0. The van der Waals surface area contributed by atoms with E-state index in [2.05, 4.69) is 24.3 Å². The van der Waals surface area contributed by atoms with E-state index in [0.717, 1.165) is 30.6 Å². The van der Waals surface area contributed by atoms with Crippen LogP contribution in [-0.4, -0.2) is 61.2 Å². The van der Waals surface area contributed by atoms with Crippen molar-refractivity contribution in [3.05, 3.63) is 65.2 Å². The van der Waals surface area contributed by atoms with Crippen molar-refractivity contribution in [2.45, 2.75) is 55.8 Å². The summed E-state index contributed by atoms with van der Waals surface area (Å²) in [5, 5.41) is 11.0. The van der Waals surface area contributed by atoms with Crippen LogP contribution in [0.1, 0.15) is 60.0 Å². The summed E-state index contributed by atoms with van der Waals surface area (Å²) in [6.45, 7) is 0.535. The molecule has 1 saturated carbocycles. The molecule has 2 unspecified atom stereocenters. The van der Waals surface area contributed by atoms with Crippen LogP contribution in [0, 0.1) is 0 Å². The number of hydrogen-bond acceptors (Lipinski definition) is 8. The van der Waals surface area contributed by atoms with Crippen molar-refractivity contribution in [1.29, 1.82) is 0 Å². The minimum atomic E-state index is -0.743. The Balaban J connectivity index is 1.85. The van der Waals surface area contributed by atoms with Crippen molar-refractivity contribution in [1.82, 2.24) is 0 Å². The Labute approximate surface area is 228 Å². The number of carbonyl (C=O) groups is 2. The van der Waals surface area contributed by atoms with Gasteiger partial charge in [-0.25, -0.2) is 0 Å². The summed E-state index contributed by atoms with van der Waals surface area (Å²) in [4.78, 5) is 23.4. The fraction of sp³-hybridized carbons (Fsp3) is 0.517. The zero-order chi connectivity index (χ0) is 26.5. The highest BCUT2D eigenvalue weighted by Gasteiger charge is 2.29. The minimum absolute atomic E-state index is 0.176. The Morgan fingerprint density at radius 2 is 1.73 bits per heavy atom. The number of benzene rings is 2. The van der Waals surface area contributed by atoms with Crippen molar-refractivity contribution >= 4 is 35.5 Å². The average Bonchev–Trinajstić information content (AvgIpc) is 3.46. The van der Waals surface area contributed by atoms with Crippen LogP contribution < -0.4 is 4.74 Å². The Morgan fingerprint density at radius 3 is 2.43 bits per heavy atom. The molecule has 0 bridgehead atoms. The SMILES string of the molecule is COC(=O)CCSC(c1cccc(C2CCCC2)c1OCCc1ccccc1)C(O)CSCC(=O)OC. The summed E-state index contributed by atoms with van der Waals surface area (Å²) < 4.78 is 16.1. The molecule has 0 aliphatic heterocycles. The molecule has 0 heterocycles. The molecule has 2 aromatic rings. The minimum Gasteiger partial charge on any atom is -0.493 e. The first kappa shape index (κ1) is 29.4. The largest absolute Gasteiger partial charge is 0.493 e. The number of thioether (sulfide) groups is 2. The van der Waals surface area contributed by atoms with E-state index in [1.807, 2.05) is 24.3 Å². The van der Waals surface area contributed by atoms with Gasteiger partial charge in [-0.05, 0) is 29.9 Å². The third-order valence-corrected chi connectivity index (χ3v) is 8.96. The van der Waals surface area contributed by atoms with Crippen LogP contribution in [0.15, 0.2) is 48.5 Å². The molecule has 1 aliphatic carbocycles. The van der Waals surface area contributed by atoms with Crippen molar-refractivity contribution in [2.24, 2.45) is 0 Å². The second-order valence-electron chi connectivity index (χ2n) is 9.11. The number of ether oxygens (including phenoxy) is 3. The van der Waals surface area contributed by atoms with Gasteiger partial charge >= 0.3 is 11.9 Å². The standard InChI is InChI=1S/C29H38O6S2/c1-33-26(31)16-18-37-29(25(30)19-36-20-27(32)34-2)24-14-8-13-23(22-11-6-7-12-22)28(24)35-17-15-21-9-4-3-5-10-21/h3-5,8-10,13-14,22,25,29-30H,6-7,11-12,15-20H2,1-2H3. The Hall–Kier alpha value is -2.16. The van der Waals surface area contributed by atoms with Crippen LogP contribution in [0.3, 0.4) is 0 Å². The lowest BCUT2D eigenvalue weighted by Crippen LogP contribution is -2.22. The maximum atomic E-state index is 11.8. The molecule has 1 N–H and O–H groups in total. The molecule has 0 radical (unpaired) electrons. The van der Waals surface area contributed by atoms with Gasteiger partial charge in [0.25, 0.3) is 0 Å². The topological polar surface area (TPSA) is 82.1 Å². The highest BCUT2D eigenvalue weighted by Crippen LogP contribution is 2.45. The number of aliphatic hydroxyl groups is 1. The molecule has 1 fully saturated rings. The second-order valence-corrected chi connectivity index (χ2v) is 11.4. The smallest absolute Gasteiger partial charge is 0.315 e. The molecule has 0 spiro atoms. The lowest BCUT2D eigenvalue weighted by atomic mass is 9.93. The van der Waals surface area contributed by atoms with Gasteiger partial charge < -0.3 is 19.3 Å². The second kappa shape index (κ2) is 15.9. The first-order valence-electron chi connectivity index (χ1n) is 12.8. The number of aliphatic hydroxyl groups excluding tert-OH is 1.